The van der Waals surface area contributed by atoms with Crippen LogP contribution < -0.4 is 10.2 Å². The lowest BCUT2D eigenvalue weighted by atomic mass is 10.3. The van der Waals surface area contributed by atoms with Crippen molar-refractivity contribution in [2.75, 3.05) is 23.3 Å². The molecule has 5 heteroatoms. The van der Waals surface area contributed by atoms with E-state index in [1.54, 1.807) is 18.6 Å². The second-order valence-corrected chi connectivity index (χ2v) is 4.65. The van der Waals surface area contributed by atoms with Gasteiger partial charge < -0.3 is 10.2 Å². The van der Waals surface area contributed by atoms with Gasteiger partial charge in [0.25, 0.3) is 0 Å². The largest absolute Gasteiger partial charge is 0.378 e. The van der Waals surface area contributed by atoms with Gasteiger partial charge in [-0.05, 0) is 25.0 Å². The van der Waals surface area contributed by atoms with E-state index in [0.29, 0.717) is 6.54 Å². The molecule has 0 spiro atoms. The zero-order valence-corrected chi connectivity index (χ0v) is 10.8. The Morgan fingerprint density at radius 1 is 1.05 bits per heavy atom. The van der Waals surface area contributed by atoms with Crippen molar-refractivity contribution in [1.29, 1.82) is 0 Å². The predicted molar refractivity (Wildman–Crippen MR) is 75.0 cm³/mol. The Morgan fingerprint density at radius 2 is 1.95 bits per heavy atom. The zero-order valence-electron chi connectivity index (χ0n) is 10.8. The Hall–Kier alpha value is -2.17. The van der Waals surface area contributed by atoms with Gasteiger partial charge in [-0.3, -0.25) is 9.97 Å². The first-order valence-corrected chi connectivity index (χ1v) is 6.61. The van der Waals surface area contributed by atoms with Crippen LogP contribution in [0, 0.1) is 0 Å². The molecule has 0 bridgehead atoms. The van der Waals surface area contributed by atoms with Crippen molar-refractivity contribution >= 4 is 11.5 Å². The minimum absolute atomic E-state index is 0.665. The van der Waals surface area contributed by atoms with Crippen molar-refractivity contribution < 1.29 is 0 Å². The molecule has 1 aliphatic heterocycles. The molecule has 0 atom stereocenters. The average molecular weight is 255 g/mol. The van der Waals surface area contributed by atoms with Gasteiger partial charge in [0, 0.05) is 25.5 Å². The van der Waals surface area contributed by atoms with E-state index in [9.17, 15) is 0 Å². The summed E-state index contributed by atoms with van der Waals surface area (Å²) in [5, 5.41) is 3.30. The molecular weight excluding hydrogens is 238 g/mol. The second kappa shape index (κ2) is 5.65. The van der Waals surface area contributed by atoms with Crippen LogP contribution in [-0.2, 0) is 6.54 Å². The van der Waals surface area contributed by atoms with Crippen molar-refractivity contribution in [3.8, 4) is 0 Å². The van der Waals surface area contributed by atoms with Crippen LogP contribution in [0.2, 0.25) is 0 Å². The molecular formula is C14H17N5. The normalized spacial score (nSPS) is 14.6. The molecule has 1 fully saturated rings. The molecule has 5 nitrogen and oxygen atoms in total. The summed E-state index contributed by atoms with van der Waals surface area (Å²) >= 11 is 0. The van der Waals surface area contributed by atoms with Gasteiger partial charge in [0.2, 0.25) is 0 Å². The van der Waals surface area contributed by atoms with Gasteiger partial charge in [0.05, 0.1) is 30.3 Å². The number of anilines is 2. The highest BCUT2D eigenvalue weighted by molar-refractivity contribution is 5.49. The highest BCUT2D eigenvalue weighted by Crippen LogP contribution is 2.19. The highest BCUT2D eigenvalue weighted by Gasteiger charge is 2.12. The minimum Gasteiger partial charge on any atom is -0.378 e. The monoisotopic (exact) mass is 255 g/mol. The number of aromatic nitrogens is 3. The van der Waals surface area contributed by atoms with Crippen molar-refractivity contribution in [3.63, 3.8) is 0 Å². The molecule has 0 unspecified atom stereocenters. The first-order chi connectivity index (χ1) is 9.42. The molecule has 0 amide bonds. The quantitative estimate of drug-likeness (QED) is 0.906. The van der Waals surface area contributed by atoms with E-state index in [4.69, 9.17) is 0 Å². The summed E-state index contributed by atoms with van der Waals surface area (Å²) in [6, 6.07) is 4.14. The van der Waals surface area contributed by atoms with Gasteiger partial charge in [0.1, 0.15) is 5.82 Å². The van der Waals surface area contributed by atoms with Crippen LogP contribution in [0.5, 0.6) is 0 Å². The Kier molecular flexibility index (Phi) is 3.54. The van der Waals surface area contributed by atoms with Gasteiger partial charge in [-0.1, -0.05) is 0 Å². The summed E-state index contributed by atoms with van der Waals surface area (Å²) in [6.07, 6.45) is 9.56. The van der Waals surface area contributed by atoms with Crippen LogP contribution >= 0.6 is 0 Å². The molecule has 2 aromatic rings. The van der Waals surface area contributed by atoms with Crippen LogP contribution in [0.3, 0.4) is 0 Å². The molecule has 1 N–H and O–H groups in total. The third-order valence-electron chi connectivity index (χ3n) is 3.27. The van der Waals surface area contributed by atoms with E-state index in [0.717, 1.165) is 30.3 Å². The van der Waals surface area contributed by atoms with E-state index >= 15 is 0 Å². The standard InChI is InChI=1S/C14H17N5/c1-2-8-19(7-1)14-4-3-12(10-18-14)17-11-13-9-15-5-6-16-13/h3-6,9-10,17H,1-2,7-8,11H2. The fraction of sp³-hybridized carbons (Fsp3) is 0.357. The first kappa shape index (κ1) is 11.9. The number of hydrogen-bond acceptors (Lipinski definition) is 5. The lowest BCUT2D eigenvalue weighted by molar-refractivity contribution is 0.936. The Labute approximate surface area is 112 Å². The van der Waals surface area contributed by atoms with E-state index in [2.05, 4.69) is 37.3 Å². The molecule has 3 heterocycles. The van der Waals surface area contributed by atoms with E-state index < -0.39 is 0 Å². The molecule has 1 aliphatic rings. The average Bonchev–Trinajstić information content (AvgIpc) is 3.01. The van der Waals surface area contributed by atoms with Crippen LogP contribution in [0.1, 0.15) is 18.5 Å². The maximum atomic E-state index is 4.50. The molecule has 19 heavy (non-hydrogen) atoms. The van der Waals surface area contributed by atoms with Crippen LogP contribution in [0.4, 0.5) is 11.5 Å². The Morgan fingerprint density at radius 3 is 2.63 bits per heavy atom. The second-order valence-electron chi connectivity index (χ2n) is 4.65. The van der Waals surface area contributed by atoms with Crippen LogP contribution in [-0.4, -0.2) is 28.0 Å². The van der Waals surface area contributed by atoms with Crippen molar-refractivity contribution in [3.05, 3.63) is 42.6 Å². The third kappa shape index (κ3) is 2.99. The van der Waals surface area contributed by atoms with E-state index in [1.807, 2.05) is 6.20 Å². The van der Waals surface area contributed by atoms with E-state index in [-0.39, 0.29) is 0 Å². The van der Waals surface area contributed by atoms with Gasteiger partial charge in [-0.2, -0.15) is 0 Å². The predicted octanol–water partition coefficient (Wildman–Crippen LogP) is 2.08. The fourth-order valence-electron chi connectivity index (χ4n) is 2.24. The topological polar surface area (TPSA) is 53.9 Å². The molecule has 0 radical (unpaired) electrons. The highest BCUT2D eigenvalue weighted by atomic mass is 15.2. The van der Waals surface area contributed by atoms with Gasteiger partial charge >= 0.3 is 0 Å². The maximum Gasteiger partial charge on any atom is 0.128 e. The van der Waals surface area contributed by atoms with Gasteiger partial charge in [-0.15, -0.1) is 0 Å². The molecule has 3 rings (SSSR count). The van der Waals surface area contributed by atoms with Crippen LogP contribution in [0.15, 0.2) is 36.9 Å². The van der Waals surface area contributed by atoms with Crippen molar-refractivity contribution in [2.24, 2.45) is 0 Å². The number of pyridine rings is 1. The third-order valence-corrected chi connectivity index (χ3v) is 3.27. The molecule has 0 aromatic carbocycles. The summed E-state index contributed by atoms with van der Waals surface area (Å²) in [5.41, 5.74) is 1.93. The van der Waals surface area contributed by atoms with E-state index in [1.165, 1.54) is 12.8 Å². The van der Waals surface area contributed by atoms with Crippen molar-refractivity contribution in [2.45, 2.75) is 19.4 Å². The van der Waals surface area contributed by atoms with Gasteiger partial charge in [-0.25, -0.2) is 4.98 Å². The molecule has 98 valence electrons. The van der Waals surface area contributed by atoms with Crippen molar-refractivity contribution in [1.82, 2.24) is 15.0 Å². The number of nitrogens with one attached hydrogen (secondary N) is 1. The minimum atomic E-state index is 0.665. The molecule has 0 saturated carbocycles. The molecule has 1 saturated heterocycles. The summed E-state index contributed by atoms with van der Waals surface area (Å²) in [4.78, 5) is 15.1. The summed E-state index contributed by atoms with van der Waals surface area (Å²) in [7, 11) is 0. The summed E-state index contributed by atoms with van der Waals surface area (Å²) in [5.74, 6) is 1.07. The lowest BCUT2D eigenvalue weighted by Crippen LogP contribution is -2.18. The molecule has 2 aromatic heterocycles. The molecule has 0 aliphatic carbocycles. The summed E-state index contributed by atoms with van der Waals surface area (Å²) < 4.78 is 0. The lowest BCUT2D eigenvalue weighted by Gasteiger charge is -2.16. The Balaban J connectivity index is 1.60. The SMILES string of the molecule is c1cnc(CNc2ccc(N3CCCC3)nc2)cn1. The van der Waals surface area contributed by atoms with Gasteiger partial charge in [0.15, 0.2) is 0 Å². The Bertz CT molecular complexity index is 505. The summed E-state index contributed by atoms with van der Waals surface area (Å²) in [6.45, 7) is 2.91. The fourth-order valence-corrected chi connectivity index (χ4v) is 2.24. The smallest absolute Gasteiger partial charge is 0.128 e. The number of hydrogen-bond donors (Lipinski definition) is 1. The first-order valence-electron chi connectivity index (χ1n) is 6.61. The van der Waals surface area contributed by atoms with Crippen LogP contribution in [0.25, 0.3) is 0 Å². The number of rotatable bonds is 4. The maximum absolute atomic E-state index is 4.50. The number of nitrogens with zero attached hydrogens (tertiary/aromatic N) is 4. The zero-order chi connectivity index (χ0) is 12.9.